The number of amides is 1. The first-order valence-electron chi connectivity index (χ1n) is 6.39. The number of hydrogen-bond acceptors (Lipinski definition) is 3. The molecule has 18 heavy (non-hydrogen) atoms. The van der Waals surface area contributed by atoms with Gasteiger partial charge in [0.15, 0.2) is 0 Å². The van der Waals surface area contributed by atoms with E-state index in [0.29, 0.717) is 23.8 Å². The second-order valence-corrected chi connectivity index (χ2v) is 4.65. The summed E-state index contributed by atoms with van der Waals surface area (Å²) in [5.74, 6) is 0.217. The number of aliphatic hydroxyl groups excluding tert-OH is 1. The van der Waals surface area contributed by atoms with Crippen molar-refractivity contribution in [1.82, 2.24) is 9.88 Å². The van der Waals surface area contributed by atoms with Gasteiger partial charge in [-0.1, -0.05) is 13.3 Å². The minimum Gasteiger partial charge on any atom is -0.397 e. The number of nitrogens with zero attached hydrogens (tertiary/aromatic N) is 1. The van der Waals surface area contributed by atoms with Gasteiger partial charge in [-0.25, -0.2) is 0 Å². The number of aliphatic hydroxyl groups is 1. The summed E-state index contributed by atoms with van der Waals surface area (Å²) in [4.78, 5) is 11.9. The fourth-order valence-corrected chi connectivity index (χ4v) is 2.08. The molecule has 0 bridgehead atoms. The smallest absolute Gasteiger partial charge is 0.267 e. The predicted octanol–water partition coefficient (Wildman–Crippen LogP) is 1.14. The molecule has 0 aliphatic carbocycles. The molecule has 1 aromatic rings. The number of aryl methyl sites for hydroxylation is 1. The molecule has 4 N–H and O–H groups in total. The number of nitrogens with one attached hydrogen (secondary N) is 1. The zero-order valence-corrected chi connectivity index (χ0v) is 11.1. The van der Waals surface area contributed by atoms with Gasteiger partial charge in [-0.05, 0) is 24.8 Å². The van der Waals surface area contributed by atoms with Gasteiger partial charge in [0, 0.05) is 26.4 Å². The van der Waals surface area contributed by atoms with Crippen molar-refractivity contribution in [3.05, 3.63) is 18.0 Å². The molecule has 0 spiro atoms. The van der Waals surface area contributed by atoms with Gasteiger partial charge in [-0.3, -0.25) is 4.79 Å². The Labute approximate surface area is 108 Å². The summed E-state index contributed by atoms with van der Waals surface area (Å²) in [6.45, 7) is 2.86. The van der Waals surface area contributed by atoms with E-state index in [9.17, 15) is 4.79 Å². The maximum absolute atomic E-state index is 11.9. The van der Waals surface area contributed by atoms with Crippen LogP contribution in [0.2, 0.25) is 0 Å². The highest BCUT2D eigenvalue weighted by molar-refractivity contribution is 5.93. The van der Waals surface area contributed by atoms with Crippen LogP contribution >= 0.6 is 0 Å². The Bertz CT molecular complexity index is 382. The fourth-order valence-electron chi connectivity index (χ4n) is 2.08. The van der Waals surface area contributed by atoms with Crippen molar-refractivity contribution in [2.75, 3.05) is 18.9 Å². The van der Waals surface area contributed by atoms with E-state index < -0.39 is 0 Å². The van der Waals surface area contributed by atoms with Crippen LogP contribution in [0.3, 0.4) is 0 Å². The van der Waals surface area contributed by atoms with Crippen molar-refractivity contribution in [3.63, 3.8) is 0 Å². The number of carbonyl (C=O) groups is 1. The minimum atomic E-state index is -0.117. The molecule has 0 saturated heterocycles. The van der Waals surface area contributed by atoms with Crippen molar-refractivity contribution >= 4 is 11.6 Å². The highest BCUT2D eigenvalue weighted by atomic mass is 16.3. The average Bonchev–Trinajstić information content (AvgIpc) is 2.65. The average molecular weight is 253 g/mol. The molecule has 1 heterocycles. The quantitative estimate of drug-likeness (QED) is 0.681. The van der Waals surface area contributed by atoms with Crippen LogP contribution < -0.4 is 11.1 Å². The number of aromatic nitrogens is 1. The normalized spacial score (nSPS) is 12.4. The van der Waals surface area contributed by atoms with Crippen LogP contribution in [0.4, 0.5) is 5.69 Å². The van der Waals surface area contributed by atoms with Crippen LogP contribution in [0, 0.1) is 5.92 Å². The first-order chi connectivity index (χ1) is 8.58. The van der Waals surface area contributed by atoms with Crippen LogP contribution in [-0.2, 0) is 7.05 Å². The standard InChI is InChI=1S/C13H23N3O2/c1-3-4-10(5-6-17)8-15-13(18)12-7-11(14)9-16(12)2/h7,9-10,17H,3-6,8,14H2,1-2H3,(H,15,18). The summed E-state index contributed by atoms with van der Waals surface area (Å²) < 4.78 is 1.71. The Morgan fingerprint density at radius 3 is 2.78 bits per heavy atom. The Kier molecular flexibility index (Phi) is 5.71. The highest BCUT2D eigenvalue weighted by Crippen LogP contribution is 2.11. The van der Waals surface area contributed by atoms with Crippen molar-refractivity contribution in [2.24, 2.45) is 13.0 Å². The van der Waals surface area contributed by atoms with Gasteiger partial charge >= 0.3 is 0 Å². The molecule has 1 amide bonds. The van der Waals surface area contributed by atoms with Crippen molar-refractivity contribution in [3.8, 4) is 0 Å². The molecular weight excluding hydrogens is 230 g/mol. The van der Waals surface area contributed by atoms with Crippen LogP contribution in [0.15, 0.2) is 12.3 Å². The molecule has 0 aliphatic heterocycles. The zero-order valence-electron chi connectivity index (χ0n) is 11.1. The Morgan fingerprint density at radius 2 is 2.28 bits per heavy atom. The first kappa shape index (κ1) is 14.6. The number of hydrogen-bond donors (Lipinski definition) is 3. The summed E-state index contributed by atoms with van der Waals surface area (Å²) in [5, 5.41) is 11.9. The summed E-state index contributed by atoms with van der Waals surface area (Å²) >= 11 is 0. The van der Waals surface area contributed by atoms with E-state index in [2.05, 4.69) is 12.2 Å². The first-order valence-corrected chi connectivity index (χ1v) is 6.39. The SMILES string of the molecule is CCCC(CCO)CNC(=O)c1cc(N)cn1C. The topological polar surface area (TPSA) is 80.3 Å². The van der Waals surface area contributed by atoms with Gasteiger partial charge in [-0.15, -0.1) is 0 Å². The van der Waals surface area contributed by atoms with Crippen LogP contribution in [-0.4, -0.2) is 28.7 Å². The van der Waals surface area contributed by atoms with Gasteiger partial charge in [0.05, 0.1) is 5.69 Å². The fraction of sp³-hybridized carbons (Fsp3) is 0.615. The van der Waals surface area contributed by atoms with Gasteiger partial charge in [0.25, 0.3) is 5.91 Å². The van der Waals surface area contributed by atoms with Gasteiger partial charge < -0.3 is 20.7 Å². The number of anilines is 1. The van der Waals surface area contributed by atoms with Gasteiger partial charge in [0.1, 0.15) is 5.69 Å². The summed E-state index contributed by atoms with van der Waals surface area (Å²) in [5.41, 5.74) is 6.78. The zero-order chi connectivity index (χ0) is 13.5. The molecule has 0 saturated carbocycles. The lowest BCUT2D eigenvalue weighted by Gasteiger charge is -2.15. The summed E-state index contributed by atoms with van der Waals surface area (Å²) in [6.07, 6.45) is 4.50. The maximum atomic E-state index is 11.9. The number of carbonyl (C=O) groups excluding carboxylic acids is 1. The predicted molar refractivity (Wildman–Crippen MR) is 72.3 cm³/mol. The third-order valence-corrected chi connectivity index (χ3v) is 3.04. The van der Waals surface area contributed by atoms with E-state index >= 15 is 0 Å². The van der Waals surface area contributed by atoms with E-state index in [1.165, 1.54) is 0 Å². The van der Waals surface area contributed by atoms with E-state index in [-0.39, 0.29) is 12.5 Å². The number of nitrogen functional groups attached to an aromatic ring is 1. The minimum absolute atomic E-state index is 0.117. The molecule has 1 atom stereocenters. The van der Waals surface area contributed by atoms with Crippen molar-refractivity contribution < 1.29 is 9.90 Å². The largest absolute Gasteiger partial charge is 0.397 e. The van der Waals surface area contributed by atoms with E-state index in [0.717, 1.165) is 19.3 Å². The maximum Gasteiger partial charge on any atom is 0.267 e. The van der Waals surface area contributed by atoms with E-state index in [1.54, 1.807) is 23.9 Å². The Balaban J connectivity index is 2.51. The summed E-state index contributed by atoms with van der Waals surface area (Å²) in [6, 6.07) is 1.66. The molecule has 0 fully saturated rings. The Morgan fingerprint density at radius 1 is 1.56 bits per heavy atom. The van der Waals surface area contributed by atoms with Crippen molar-refractivity contribution in [1.29, 1.82) is 0 Å². The van der Waals surface area contributed by atoms with Gasteiger partial charge in [-0.2, -0.15) is 0 Å². The second-order valence-electron chi connectivity index (χ2n) is 4.65. The monoisotopic (exact) mass is 253 g/mol. The molecular formula is C13H23N3O2. The summed E-state index contributed by atoms with van der Waals surface area (Å²) in [7, 11) is 1.79. The molecule has 0 radical (unpaired) electrons. The van der Waals surface area contributed by atoms with Gasteiger partial charge in [0.2, 0.25) is 0 Å². The van der Waals surface area contributed by atoms with Crippen LogP contribution in [0.25, 0.3) is 0 Å². The van der Waals surface area contributed by atoms with E-state index in [4.69, 9.17) is 10.8 Å². The van der Waals surface area contributed by atoms with Crippen LogP contribution in [0.1, 0.15) is 36.7 Å². The number of rotatable bonds is 7. The lowest BCUT2D eigenvalue weighted by molar-refractivity contribution is 0.0935. The lowest BCUT2D eigenvalue weighted by Crippen LogP contribution is -2.30. The molecule has 1 rings (SSSR count). The van der Waals surface area contributed by atoms with E-state index in [1.807, 2.05) is 0 Å². The molecule has 0 aliphatic rings. The molecule has 0 aromatic carbocycles. The molecule has 1 aromatic heterocycles. The lowest BCUT2D eigenvalue weighted by atomic mass is 10.0. The van der Waals surface area contributed by atoms with Crippen molar-refractivity contribution in [2.45, 2.75) is 26.2 Å². The second kappa shape index (κ2) is 7.06. The molecule has 102 valence electrons. The van der Waals surface area contributed by atoms with Crippen LogP contribution in [0.5, 0.6) is 0 Å². The highest BCUT2D eigenvalue weighted by Gasteiger charge is 2.13. The third kappa shape index (κ3) is 4.07. The molecule has 5 heteroatoms. The third-order valence-electron chi connectivity index (χ3n) is 3.04. The molecule has 5 nitrogen and oxygen atoms in total. The number of nitrogens with two attached hydrogens (primary N) is 1. The Hall–Kier alpha value is -1.49. The molecule has 1 unspecified atom stereocenters.